The highest BCUT2D eigenvalue weighted by Crippen LogP contribution is 2.27. The lowest BCUT2D eigenvalue weighted by Gasteiger charge is -2.26. The van der Waals surface area contributed by atoms with Gasteiger partial charge in [-0.1, -0.05) is 39.0 Å². The molecule has 1 fully saturated rings. The highest BCUT2D eigenvalue weighted by Gasteiger charge is 2.20. The first-order valence-corrected chi connectivity index (χ1v) is 8.50. The molecule has 1 aliphatic rings. The van der Waals surface area contributed by atoms with Crippen LogP contribution >= 0.6 is 23.5 Å². The van der Waals surface area contributed by atoms with Crippen LogP contribution in [0, 0.1) is 0 Å². The summed E-state index contributed by atoms with van der Waals surface area (Å²) in [6.45, 7) is 2.27. The van der Waals surface area contributed by atoms with Gasteiger partial charge >= 0.3 is 0 Å². The Morgan fingerprint density at radius 3 is 2.67 bits per heavy atom. The third-order valence-corrected chi connectivity index (χ3v) is 5.90. The average molecular weight is 247 g/mol. The lowest BCUT2D eigenvalue weighted by atomic mass is 10.1. The van der Waals surface area contributed by atoms with Gasteiger partial charge in [-0.25, -0.2) is 0 Å². The molecule has 2 unspecified atom stereocenters. The Bertz CT molecular complexity index is 147. The number of unbranched alkanes of at least 4 members (excludes halogenated alkanes) is 4. The van der Waals surface area contributed by atoms with E-state index in [0.29, 0.717) is 6.04 Å². The molecule has 1 heterocycles. The van der Waals surface area contributed by atoms with Crippen LogP contribution in [-0.2, 0) is 0 Å². The van der Waals surface area contributed by atoms with Crippen LogP contribution in [0.1, 0.15) is 45.4 Å². The molecule has 1 aliphatic heterocycles. The second-order valence-electron chi connectivity index (χ2n) is 4.35. The van der Waals surface area contributed by atoms with Crippen LogP contribution in [-0.4, -0.2) is 28.6 Å². The third kappa shape index (κ3) is 6.08. The summed E-state index contributed by atoms with van der Waals surface area (Å²) in [7, 11) is 0. The number of rotatable bonds is 7. The van der Waals surface area contributed by atoms with Crippen LogP contribution < -0.4 is 5.73 Å². The van der Waals surface area contributed by atoms with Crippen LogP contribution in [0.5, 0.6) is 0 Å². The van der Waals surface area contributed by atoms with Crippen LogP contribution in [0.25, 0.3) is 0 Å². The zero-order chi connectivity index (χ0) is 10.9. The molecule has 0 amide bonds. The number of thioether (sulfide) groups is 2. The van der Waals surface area contributed by atoms with Crippen molar-refractivity contribution in [2.24, 2.45) is 5.73 Å². The maximum Gasteiger partial charge on any atom is 0.0289 e. The maximum atomic E-state index is 6.23. The van der Waals surface area contributed by atoms with E-state index in [0.717, 1.165) is 5.25 Å². The predicted octanol–water partition coefficient (Wildman–Crippen LogP) is 3.52. The maximum absolute atomic E-state index is 6.23. The van der Waals surface area contributed by atoms with Gasteiger partial charge < -0.3 is 5.73 Å². The van der Waals surface area contributed by atoms with Crippen molar-refractivity contribution in [3.8, 4) is 0 Å². The standard InChI is InChI=1S/C12H25NS2/c1-2-3-4-5-6-7-11(13)12-10-14-8-9-15-12/h11-12H,2-10,13H2,1H3. The van der Waals surface area contributed by atoms with Gasteiger partial charge in [-0.15, -0.1) is 0 Å². The topological polar surface area (TPSA) is 26.0 Å². The van der Waals surface area contributed by atoms with Gasteiger partial charge in [-0.05, 0) is 6.42 Å². The van der Waals surface area contributed by atoms with E-state index in [1.807, 2.05) is 0 Å². The summed E-state index contributed by atoms with van der Waals surface area (Å²) in [6, 6.07) is 0.449. The molecule has 0 spiro atoms. The second kappa shape index (κ2) is 8.77. The van der Waals surface area contributed by atoms with Gasteiger partial charge in [0.1, 0.15) is 0 Å². The lowest BCUT2D eigenvalue weighted by molar-refractivity contribution is 0.539. The Morgan fingerprint density at radius 2 is 2.00 bits per heavy atom. The van der Waals surface area contributed by atoms with Crippen LogP contribution in [0.15, 0.2) is 0 Å². The zero-order valence-electron chi connectivity index (χ0n) is 9.91. The molecular weight excluding hydrogens is 222 g/mol. The fourth-order valence-corrected chi connectivity index (χ4v) is 4.78. The molecule has 15 heavy (non-hydrogen) atoms. The summed E-state index contributed by atoms with van der Waals surface area (Å²) in [4.78, 5) is 0. The fraction of sp³-hybridized carbons (Fsp3) is 1.00. The molecule has 2 N–H and O–H groups in total. The van der Waals surface area contributed by atoms with E-state index in [2.05, 4.69) is 30.4 Å². The van der Waals surface area contributed by atoms with Gasteiger partial charge in [0, 0.05) is 28.6 Å². The van der Waals surface area contributed by atoms with E-state index in [1.54, 1.807) is 0 Å². The van der Waals surface area contributed by atoms with Crippen molar-refractivity contribution in [2.45, 2.75) is 56.7 Å². The number of nitrogens with two attached hydrogens (primary N) is 1. The van der Waals surface area contributed by atoms with Crippen molar-refractivity contribution in [1.82, 2.24) is 0 Å². The molecule has 1 nitrogen and oxygen atoms in total. The summed E-state index contributed by atoms with van der Waals surface area (Å²) in [5, 5.41) is 0.731. The van der Waals surface area contributed by atoms with Crippen molar-refractivity contribution < 1.29 is 0 Å². The van der Waals surface area contributed by atoms with Crippen LogP contribution in [0.4, 0.5) is 0 Å². The molecule has 1 rings (SSSR count). The highest BCUT2D eigenvalue weighted by atomic mass is 32.2. The normalized spacial score (nSPS) is 24.0. The van der Waals surface area contributed by atoms with Gasteiger partial charge in [0.15, 0.2) is 0 Å². The molecular formula is C12H25NS2. The van der Waals surface area contributed by atoms with Gasteiger partial charge in [0.05, 0.1) is 0 Å². The molecule has 2 atom stereocenters. The largest absolute Gasteiger partial charge is 0.327 e. The molecule has 0 aromatic rings. The average Bonchev–Trinajstić information content (AvgIpc) is 2.30. The Labute approximate surface area is 103 Å². The van der Waals surface area contributed by atoms with E-state index in [1.165, 1.54) is 55.8 Å². The highest BCUT2D eigenvalue weighted by molar-refractivity contribution is 8.06. The zero-order valence-corrected chi connectivity index (χ0v) is 11.5. The summed E-state index contributed by atoms with van der Waals surface area (Å²) in [5.74, 6) is 3.91. The molecule has 0 aliphatic carbocycles. The van der Waals surface area contributed by atoms with Crippen molar-refractivity contribution in [2.75, 3.05) is 17.3 Å². The Morgan fingerprint density at radius 1 is 1.20 bits per heavy atom. The Hall–Kier alpha value is 0.660. The first kappa shape index (κ1) is 13.7. The molecule has 0 saturated carbocycles. The van der Waals surface area contributed by atoms with Gasteiger partial charge in [0.25, 0.3) is 0 Å². The molecule has 0 bridgehead atoms. The third-order valence-electron chi connectivity index (χ3n) is 2.96. The first-order valence-electron chi connectivity index (χ1n) is 6.29. The quantitative estimate of drug-likeness (QED) is 0.697. The van der Waals surface area contributed by atoms with Gasteiger partial charge in [-0.2, -0.15) is 23.5 Å². The monoisotopic (exact) mass is 247 g/mol. The minimum absolute atomic E-state index is 0.449. The summed E-state index contributed by atoms with van der Waals surface area (Å²) >= 11 is 4.17. The second-order valence-corrected chi connectivity index (χ2v) is 6.85. The van der Waals surface area contributed by atoms with Crippen molar-refractivity contribution in [1.29, 1.82) is 0 Å². The van der Waals surface area contributed by atoms with E-state index in [4.69, 9.17) is 5.73 Å². The summed E-state index contributed by atoms with van der Waals surface area (Å²) in [6.07, 6.45) is 8.08. The van der Waals surface area contributed by atoms with Crippen molar-refractivity contribution in [3.05, 3.63) is 0 Å². The number of hydrogen-bond acceptors (Lipinski definition) is 3. The summed E-state index contributed by atoms with van der Waals surface area (Å²) in [5.41, 5.74) is 6.23. The smallest absolute Gasteiger partial charge is 0.0289 e. The lowest BCUT2D eigenvalue weighted by Crippen LogP contribution is -2.36. The predicted molar refractivity (Wildman–Crippen MR) is 74.9 cm³/mol. The fourth-order valence-electron chi connectivity index (χ4n) is 1.92. The van der Waals surface area contributed by atoms with Crippen molar-refractivity contribution in [3.63, 3.8) is 0 Å². The molecule has 0 radical (unpaired) electrons. The van der Waals surface area contributed by atoms with E-state index >= 15 is 0 Å². The number of hydrogen-bond donors (Lipinski definition) is 1. The van der Waals surface area contributed by atoms with Crippen LogP contribution in [0.3, 0.4) is 0 Å². The molecule has 0 aromatic carbocycles. The first-order chi connectivity index (χ1) is 7.34. The molecule has 90 valence electrons. The molecule has 1 saturated heterocycles. The Kier molecular flexibility index (Phi) is 8.02. The van der Waals surface area contributed by atoms with E-state index < -0.39 is 0 Å². The van der Waals surface area contributed by atoms with E-state index in [9.17, 15) is 0 Å². The minimum atomic E-state index is 0.449. The van der Waals surface area contributed by atoms with Gasteiger partial charge in [0.2, 0.25) is 0 Å². The van der Waals surface area contributed by atoms with Gasteiger partial charge in [-0.3, -0.25) is 0 Å². The summed E-state index contributed by atoms with van der Waals surface area (Å²) < 4.78 is 0. The van der Waals surface area contributed by atoms with E-state index in [-0.39, 0.29) is 0 Å². The van der Waals surface area contributed by atoms with Crippen molar-refractivity contribution >= 4 is 23.5 Å². The SMILES string of the molecule is CCCCCCCC(N)C1CSCCS1. The van der Waals surface area contributed by atoms with Crippen LogP contribution in [0.2, 0.25) is 0 Å². The molecule has 0 aromatic heterocycles. The molecule has 3 heteroatoms. The Balaban J connectivity index is 1.99. The minimum Gasteiger partial charge on any atom is -0.327 e.